The van der Waals surface area contributed by atoms with Gasteiger partial charge >= 0.3 is 0 Å². The molecular weight excluding hydrogens is 293 g/mol. The number of hydrogen-bond donors (Lipinski definition) is 0. The van der Waals surface area contributed by atoms with E-state index in [1.807, 2.05) is 42.5 Å². The average Bonchev–Trinajstić information content (AvgIpc) is 2.46. The van der Waals surface area contributed by atoms with Gasteiger partial charge in [0, 0.05) is 21.5 Å². The summed E-state index contributed by atoms with van der Waals surface area (Å²) in [5.74, 6) is 0. The van der Waals surface area contributed by atoms with Crippen LogP contribution in [0, 0.1) is 0 Å². The Morgan fingerprint density at radius 1 is 1.00 bits per heavy atom. The molecule has 0 saturated carbocycles. The highest BCUT2D eigenvalue weighted by Gasteiger charge is 2.13. The van der Waals surface area contributed by atoms with Crippen LogP contribution < -0.4 is 0 Å². The number of halogens is 2. The summed E-state index contributed by atoms with van der Waals surface area (Å²) in [5, 5.41) is 0.823. The summed E-state index contributed by atoms with van der Waals surface area (Å²) in [5.41, 5.74) is 2.57. The number of aromatic nitrogens is 1. The molecular formula is C16H9Cl2NO. The number of carbonyl (C=O) groups excluding carboxylic acids is 1. The Morgan fingerprint density at radius 2 is 1.70 bits per heavy atom. The van der Waals surface area contributed by atoms with Gasteiger partial charge in [0.2, 0.25) is 0 Å². The minimum Gasteiger partial charge on any atom is -0.276 e. The number of hydrogen-bond acceptors (Lipinski definition) is 2. The van der Waals surface area contributed by atoms with Gasteiger partial charge < -0.3 is 0 Å². The third-order valence-electron chi connectivity index (χ3n) is 3.08. The maximum absolute atomic E-state index is 11.6. The normalized spacial score (nSPS) is 10.7. The first-order valence-corrected chi connectivity index (χ1v) is 6.77. The molecule has 0 fully saturated rings. The molecule has 0 aliphatic rings. The summed E-state index contributed by atoms with van der Waals surface area (Å²) in [6, 6.07) is 16.4. The SMILES string of the molecule is O=C(Cl)c1cc(-c2ccccc2Cl)nc2ccccc12. The number of para-hydroxylation sites is 1. The van der Waals surface area contributed by atoms with Crippen molar-refractivity contribution in [1.29, 1.82) is 0 Å². The lowest BCUT2D eigenvalue weighted by atomic mass is 10.0. The second-order valence-corrected chi connectivity index (χ2v) is 5.08. The van der Waals surface area contributed by atoms with Crippen molar-refractivity contribution in [3.8, 4) is 11.3 Å². The third kappa shape index (κ3) is 2.28. The van der Waals surface area contributed by atoms with E-state index < -0.39 is 5.24 Å². The molecule has 0 amide bonds. The van der Waals surface area contributed by atoms with Gasteiger partial charge in [-0.3, -0.25) is 4.79 Å². The van der Waals surface area contributed by atoms with Gasteiger partial charge in [-0.25, -0.2) is 4.98 Å². The highest BCUT2D eigenvalue weighted by atomic mass is 35.5. The van der Waals surface area contributed by atoms with Gasteiger partial charge in [0.1, 0.15) is 0 Å². The van der Waals surface area contributed by atoms with Gasteiger partial charge in [-0.2, -0.15) is 0 Å². The topological polar surface area (TPSA) is 30.0 Å². The van der Waals surface area contributed by atoms with Crippen LogP contribution in [0.2, 0.25) is 5.02 Å². The summed E-state index contributed by atoms with van der Waals surface area (Å²) in [6.07, 6.45) is 0. The molecule has 3 aromatic rings. The van der Waals surface area contributed by atoms with Crippen molar-refractivity contribution >= 4 is 39.3 Å². The fraction of sp³-hybridized carbons (Fsp3) is 0. The van der Waals surface area contributed by atoms with Gasteiger partial charge in [0.05, 0.1) is 11.2 Å². The first-order valence-electron chi connectivity index (χ1n) is 6.01. The first kappa shape index (κ1) is 13.1. The number of pyridine rings is 1. The van der Waals surface area contributed by atoms with E-state index in [2.05, 4.69) is 4.98 Å². The Kier molecular flexibility index (Phi) is 3.43. The summed E-state index contributed by atoms with van der Waals surface area (Å²) in [7, 11) is 0. The lowest BCUT2D eigenvalue weighted by Crippen LogP contribution is -1.95. The van der Waals surface area contributed by atoms with E-state index in [4.69, 9.17) is 23.2 Å². The quantitative estimate of drug-likeness (QED) is 0.628. The van der Waals surface area contributed by atoms with Crippen molar-refractivity contribution in [2.45, 2.75) is 0 Å². The van der Waals surface area contributed by atoms with Gasteiger partial charge in [0.25, 0.3) is 5.24 Å². The molecule has 1 aromatic heterocycles. The minimum atomic E-state index is -0.503. The highest BCUT2D eigenvalue weighted by Crippen LogP contribution is 2.30. The molecule has 20 heavy (non-hydrogen) atoms. The molecule has 0 atom stereocenters. The molecule has 0 spiro atoms. The molecule has 2 aromatic carbocycles. The number of nitrogens with zero attached hydrogens (tertiary/aromatic N) is 1. The van der Waals surface area contributed by atoms with E-state index >= 15 is 0 Å². The van der Waals surface area contributed by atoms with Crippen LogP contribution in [0.4, 0.5) is 0 Å². The molecule has 3 rings (SSSR count). The van der Waals surface area contributed by atoms with Crippen LogP contribution in [-0.2, 0) is 0 Å². The van der Waals surface area contributed by atoms with Crippen molar-refractivity contribution in [1.82, 2.24) is 4.98 Å². The highest BCUT2D eigenvalue weighted by molar-refractivity contribution is 6.68. The van der Waals surface area contributed by atoms with Gasteiger partial charge in [0.15, 0.2) is 0 Å². The Labute approximate surface area is 126 Å². The van der Waals surface area contributed by atoms with Gasteiger partial charge in [-0.15, -0.1) is 0 Å². The van der Waals surface area contributed by atoms with Crippen LogP contribution >= 0.6 is 23.2 Å². The van der Waals surface area contributed by atoms with Crippen molar-refractivity contribution in [3.63, 3.8) is 0 Å². The lowest BCUT2D eigenvalue weighted by molar-refractivity contribution is 0.108. The zero-order valence-electron chi connectivity index (χ0n) is 10.3. The summed E-state index contributed by atoms with van der Waals surface area (Å²) >= 11 is 11.9. The van der Waals surface area contributed by atoms with Crippen molar-refractivity contribution in [2.75, 3.05) is 0 Å². The standard InChI is InChI=1S/C16H9Cl2NO/c17-13-7-3-1-6-11(13)15-9-12(16(18)20)10-5-2-4-8-14(10)19-15/h1-9H. The minimum absolute atomic E-state index is 0.437. The lowest BCUT2D eigenvalue weighted by Gasteiger charge is -2.08. The molecule has 0 aliphatic carbocycles. The molecule has 0 radical (unpaired) electrons. The van der Waals surface area contributed by atoms with Crippen molar-refractivity contribution < 1.29 is 4.79 Å². The fourth-order valence-electron chi connectivity index (χ4n) is 2.14. The largest absolute Gasteiger partial charge is 0.276 e. The second-order valence-electron chi connectivity index (χ2n) is 4.33. The summed E-state index contributed by atoms with van der Waals surface area (Å²) in [4.78, 5) is 16.2. The van der Waals surface area contributed by atoms with Crippen LogP contribution in [0.3, 0.4) is 0 Å². The van der Waals surface area contributed by atoms with E-state index in [1.54, 1.807) is 12.1 Å². The van der Waals surface area contributed by atoms with E-state index in [0.29, 0.717) is 21.8 Å². The number of rotatable bonds is 2. The Morgan fingerprint density at radius 3 is 2.45 bits per heavy atom. The van der Waals surface area contributed by atoms with E-state index in [9.17, 15) is 4.79 Å². The fourth-order valence-corrected chi connectivity index (χ4v) is 2.53. The maximum atomic E-state index is 11.6. The molecule has 2 nitrogen and oxygen atoms in total. The van der Waals surface area contributed by atoms with Crippen molar-refractivity contribution in [2.24, 2.45) is 0 Å². The predicted octanol–water partition coefficient (Wildman–Crippen LogP) is 4.93. The number of benzene rings is 2. The zero-order chi connectivity index (χ0) is 14.1. The molecule has 0 aliphatic heterocycles. The summed E-state index contributed by atoms with van der Waals surface area (Å²) < 4.78 is 0. The zero-order valence-corrected chi connectivity index (χ0v) is 11.8. The van der Waals surface area contributed by atoms with Crippen LogP contribution in [-0.4, -0.2) is 10.2 Å². The number of carbonyl (C=O) groups is 1. The van der Waals surface area contributed by atoms with E-state index in [0.717, 1.165) is 10.9 Å². The van der Waals surface area contributed by atoms with Gasteiger partial charge in [-0.1, -0.05) is 48.0 Å². The van der Waals surface area contributed by atoms with Gasteiger partial charge in [-0.05, 0) is 29.8 Å². The van der Waals surface area contributed by atoms with Crippen LogP contribution in [0.15, 0.2) is 54.6 Å². The van der Waals surface area contributed by atoms with E-state index in [-0.39, 0.29) is 0 Å². The molecule has 1 heterocycles. The molecule has 0 bridgehead atoms. The third-order valence-corrected chi connectivity index (χ3v) is 3.61. The monoisotopic (exact) mass is 301 g/mol. The number of fused-ring (bicyclic) bond motifs is 1. The molecule has 98 valence electrons. The summed E-state index contributed by atoms with van der Waals surface area (Å²) in [6.45, 7) is 0. The first-order chi connectivity index (χ1) is 9.66. The Balaban J connectivity index is 2.33. The Hall–Kier alpha value is -1.90. The van der Waals surface area contributed by atoms with Crippen LogP contribution in [0.25, 0.3) is 22.2 Å². The van der Waals surface area contributed by atoms with Crippen LogP contribution in [0.1, 0.15) is 10.4 Å². The molecule has 0 N–H and O–H groups in total. The predicted molar refractivity (Wildman–Crippen MR) is 82.4 cm³/mol. The van der Waals surface area contributed by atoms with Crippen LogP contribution in [0.5, 0.6) is 0 Å². The maximum Gasteiger partial charge on any atom is 0.253 e. The van der Waals surface area contributed by atoms with E-state index in [1.165, 1.54) is 0 Å². The molecule has 0 saturated heterocycles. The second kappa shape index (κ2) is 5.23. The smallest absolute Gasteiger partial charge is 0.253 e. The van der Waals surface area contributed by atoms with Crippen molar-refractivity contribution in [3.05, 3.63) is 65.2 Å². The average molecular weight is 302 g/mol. The molecule has 0 unspecified atom stereocenters. The molecule has 4 heteroatoms. The Bertz CT molecular complexity index is 814.